The van der Waals surface area contributed by atoms with Gasteiger partial charge in [0.25, 0.3) is 0 Å². The summed E-state index contributed by atoms with van der Waals surface area (Å²) in [6, 6.07) is 16.3. The van der Waals surface area contributed by atoms with Gasteiger partial charge in [0.1, 0.15) is 11.3 Å². The van der Waals surface area contributed by atoms with Crippen LogP contribution in [0.3, 0.4) is 0 Å². The van der Waals surface area contributed by atoms with Crippen LogP contribution in [0.15, 0.2) is 72.9 Å². The molecule has 0 aliphatic rings. The van der Waals surface area contributed by atoms with Gasteiger partial charge in [-0.05, 0) is 45.8 Å². The Morgan fingerprint density at radius 1 is 1.08 bits per heavy atom. The average molecular weight is 536 g/mol. The minimum atomic E-state index is -4.73. The second kappa shape index (κ2) is 10.8. The Labute approximate surface area is 212 Å². The molecule has 0 aliphatic carbocycles. The molecule has 192 valence electrons. The van der Waals surface area contributed by atoms with Crippen LogP contribution in [-0.4, -0.2) is 44.2 Å². The molecule has 14 heteroatoms. The first-order valence-corrected chi connectivity index (χ1v) is 11.0. The van der Waals surface area contributed by atoms with Crippen molar-refractivity contribution < 1.29 is 27.1 Å². The Morgan fingerprint density at radius 3 is 2.51 bits per heavy atom. The molecule has 0 saturated heterocycles. The summed E-state index contributed by atoms with van der Waals surface area (Å²) < 4.78 is 57.3. The number of rotatable bonds is 9. The Balaban J connectivity index is 1.85. The van der Waals surface area contributed by atoms with Gasteiger partial charge in [-0.15, -0.1) is 0 Å². The van der Waals surface area contributed by atoms with E-state index in [9.17, 15) is 22.4 Å². The molecule has 2 amide bonds. The number of halogens is 5. The number of amides is 2. The molecule has 0 unspecified atom stereocenters. The van der Waals surface area contributed by atoms with Crippen LogP contribution in [0.1, 0.15) is 16.8 Å². The lowest BCUT2D eigenvalue weighted by atomic mass is 9.80. The van der Waals surface area contributed by atoms with Gasteiger partial charge in [0.05, 0.1) is 10.7 Å². The van der Waals surface area contributed by atoms with Crippen LogP contribution in [0.5, 0.6) is 5.75 Å². The molecule has 0 radical (unpaired) electrons. The summed E-state index contributed by atoms with van der Waals surface area (Å²) in [7, 11) is 0. The number of H-pyrrole nitrogens is 1. The summed E-state index contributed by atoms with van der Waals surface area (Å²) in [5, 5.41) is 18.3. The van der Waals surface area contributed by atoms with Crippen molar-refractivity contribution in [2.45, 2.75) is 24.5 Å². The van der Waals surface area contributed by atoms with Crippen LogP contribution in [0.4, 0.5) is 28.3 Å². The number of nitrogens with zero attached hydrogens (tertiary/aromatic N) is 4. The van der Waals surface area contributed by atoms with E-state index in [0.717, 1.165) is 17.7 Å². The van der Waals surface area contributed by atoms with Crippen molar-refractivity contribution in [3.05, 3.63) is 94.8 Å². The van der Waals surface area contributed by atoms with Gasteiger partial charge in [0, 0.05) is 12.6 Å². The number of hydrogen-bond acceptors (Lipinski definition) is 6. The molecule has 0 bridgehead atoms. The number of carbonyl (C=O) groups is 1. The molecule has 2 heterocycles. The largest absolute Gasteiger partial charge is 0.461 e. The van der Waals surface area contributed by atoms with Gasteiger partial charge in [0.2, 0.25) is 5.95 Å². The lowest BCUT2D eigenvalue weighted by Crippen LogP contribution is -2.50. The molecule has 0 aliphatic heterocycles. The highest BCUT2D eigenvalue weighted by atomic mass is 35.5. The summed E-state index contributed by atoms with van der Waals surface area (Å²) in [6.07, 6.45) is -7.37. The summed E-state index contributed by atoms with van der Waals surface area (Å²) in [5.74, 6) is -0.611. The van der Waals surface area contributed by atoms with Gasteiger partial charge in [0.15, 0.2) is 0 Å². The highest BCUT2D eigenvalue weighted by Gasteiger charge is 2.44. The van der Waals surface area contributed by atoms with E-state index in [1.165, 1.54) is 24.4 Å². The Morgan fingerprint density at radius 2 is 1.86 bits per heavy atom. The predicted octanol–water partition coefficient (Wildman–Crippen LogP) is 4.79. The molecule has 0 saturated carbocycles. The van der Waals surface area contributed by atoms with Crippen molar-refractivity contribution in [1.82, 2.24) is 30.9 Å². The molecule has 0 fully saturated rings. The molecule has 1 atom stereocenters. The van der Waals surface area contributed by atoms with Crippen LogP contribution in [0.25, 0.3) is 0 Å². The molecule has 2 aromatic heterocycles. The predicted molar refractivity (Wildman–Crippen MR) is 125 cm³/mol. The van der Waals surface area contributed by atoms with Gasteiger partial charge in [-0.2, -0.15) is 17.6 Å². The summed E-state index contributed by atoms with van der Waals surface area (Å²) in [4.78, 5) is 17.5. The Bertz CT molecular complexity index is 1330. The van der Waals surface area contributed by atoms with E-state index in [1.807, 2.05) is 0 Å². The molecular weight excluding hydrogens is 518 g/mol. The van der Waals surface area contributed by atoms with Crippen molar-refractivity contribution in [2.24, 2.45) is 0 Å². The zero-order chi connectivity index (χ0) is 26.5. The number of hydrogen-bond donors (Lipinski definition) is 3. The van der Waals surface area contributed by atoms with Crippen molar-refractivity contribution in [3.8, 4) is 5.75 Å². The van der Waals surface area contributed by atoms with E-state index in [1.54, 1.807) is 36.4 Å². The Kier molecular flexibility index (Phi) is 7.53. The van der Waals surface area contributed by atoms with Gasteiger partial charge in [-0.1, -0.05) is 59.2 Å². The first kappa shape index (κ1) is 25.8. The number of benzene rings is 2. The fourth-order valence-electron chi connectivity index (χ4n) is 3.62. The van der Waals surface area contributed by atoms with Crippen molar-refractivity contribution >= 4 is 23.6 Å². The Hall–Kier alpha value is -4.26. The number of pyridine rings is 1. The number of urea groups is 1. The maximum atomic E-state index is 13.7. The summed E-state index contributed by atoms with van der Waals surface area (Å²) in [6.45, 7) is 0. The van der Waals surface area contributed by atoms with Crippen molar-refractivity contribution in [2.75, 3.05) is 5.32 Å². The summed E-state index contributed by atoms with van der Waals surface area (Å²) >= 11 is 6.03. The summed E-state index contributed by atoms with van der Waals surface area (Å²) in [5.41, 5.74) is -0.322. The molecule has 37 heavy (non-hydrogen) atoms. The molecule has 3 N–H and O–H groups in total. The van der Waals surface area contributed by atoms with Gasteiger partial charge in [-0.25, -0.2) is 9.89 Å². The minimum absolute atomic E-state index is 0.0659. The fourth-order valence-corrected chi connectivity index (χ4v) is 3.73. The molecule has 4 rings (SSSR count). The number of aromatic nitrogens is 5. The number of nitrogens with one attached hydrogen (secondary N) is 3. The van der Waals surface area contributed by atoms with Crippen LogP contribution in [0.2, 0.25) is 5.02 Å². The van der Waals surface area contributed by atoms with E-state index in [4.69, 9.17) is 11.6 Å². The van der Waals surface area contributed by atoms with Crippen LogP contribution < -0.4 is 15.4 Å². The molecule has 0 spiro atoms. The maximum absolute atomic E-state index is 13.7. The standard InChI is InChI=1S/C23H18ClF4N7O2/c24-16-9-10-18(29-13-16)22(12-14-5-2-1-3-6-14,31-21(36)30-20-32-34-35-33-20)15-7-4-8-17(11-15)37-23(27,28)19(25)26/h1-11,13,19H,12H2,(H3,30,31,32,33,34,35,36)/t22-/m0/s1. The lowest BCUT2D eigenvalue weighted by Gasteiger charge is -2.35. The van der Waals surface area contributed by atoms with Gasteiger partial charge < -0.3 is 10.1 Å². The van der Waals surface area contributed by atoms with Crippen LogP contribution in [0, 0.1) is 0 Å². The number of alkyl halides is 4. The zero-order valence-corrected chi connectivity index (χ0v) is 19.5. The van der Waals surface area contributed by atoms with Gasteiger partial charge in [-0.3, -0.25) is 10.3 Å². The second-order valence-electron chi connectivity index (χ2n) is 7.75. The lowest BCUT2D eigenvalue weighted by molar-refractivity contribution is -0.253. The molecular formula is C23H18ClF4N7O2. The van der Waals surface area contributed by atoms with E-state index in [0.29, 0.717) is 5.02 Å². The third-order valence-corrected chi connectivity index (χ3v) is 5.44. The number of anilines is 1. The van der Waals surface area contributed by atoms with Gasteiger partial charge >= 0.3 is 18.6 Å². The number of carbonyl (C=O) groups excluding carboxylic acids is 1. The first-order chi connectivity index (χ1) is 17.7. The molecule has 2 aromatic carbocycles. The number of tetrazole rings is 1. The normalized spacial score (nSPS) is 13.1. The van der Waals surface area contributed by atoms with E-state index >= 15 is 0 Å². The third kappa shape index (κ3) is 6.12. The third-order valence-electron chi connectivity index (χ3n) is 5.22. The highest BCUT2D eigenvalue weighted by molar-refractivity contribution is 6.30. The zero-order valence-electron chi connectivity index (χ0n) is 18.7. The SMILES string of the molecule is O=C(Nc1nnn[nH]1)N[C@@](Cc1ccccc1)(c1cccc(OC(F)(F)C(F)F)c1)c1ccc(Cl)cn1. The van der Waals surface area contributed by atoms with E-state index in [-0.39, 0.29) is 23.6 Å². The van der Waals surface area contributed by atoms with Crippen LogP contribution >= 0.6 is 11.6 Å². The van der Waals surface area contributed by atoms with Crippen molar-refractivity contribution in [1.29, 1.82) is 0 Å². The monoisotopic (exact) mass is 535 g/mol. The maximum Gasteiger partial charge on any atom is 0.461 e. The van der Waals surface area contributed by atoms with Crippen LogP contribution in [-0.2, 0) is 12.0 Å². The smallest absolute Gasteiger partial charge is 0.428 e. The quantitative estimate of drug-likeness (QED) is 0.265. The van der Waals surface area contributed by atoms with Crippen molar-refractivity contribution in [3.63, 3.8) is 0 Å². The van der Waals surface area contributed by atoms with E-state index in [2.05, 4.69) is 41.0 Å². The molecule has 9 nitrogen and oxygen atoms in total. The number of aromatic amines is 1. The van der Waals surface area contributed by atoms with E-state index < -0.39 is 29.9 Å². The molecule has 4 aromatic rings. The topological polar surface area (TPSA) is 118 Å². The number of ether oxygens (including phenoxy) is 1. The second-order valence-corrected chi connectivity index (χ2v) is 8.19. The highest BCUT2D eigenvalue weighted by Crippen LogP contribution is 2.36. The first-order valence-electron chi connectivity index (χ1n) is 10.6. The minimum Gasteiger partial charge on any atom is -0.428 e. The fraction of sp³-hybridized carbons (Fsp3) is 0.174. The average Bonchev–Trinajstić information content (AvgIpc) is 3.37.